The van der Waals surface area contributed by atoms with Gasteiger partial charge in [-0.2, -0.15) is 0 Å². The van der Waals surface area contributed by atoms with Crippen molar-refractivity contribution in [1.29, 1.82) is 0 Å². The van der Waals surface area contributed by atoms with E-state index in [0.717, 1.165) is 22.5 Å². The number of carbonyl (C=O) groups excluding carboxylic acids is 1. The zero-order chi connectivity index (χ0) is 16.4. The number of imidazole rings is 1. The Bertz CT molecular complexity index is 851. The lowest BCUT2D eigenvalue weighted by molar-refractivity contribution is 0.168. The smallest absolute Gasteiger partial charge is 0.412 e. The number of amides is 1. The van der Waals surface area contributed by atoms with E-state index in [1.807, 2.05) is 60.8 Å². The lowest BCUT2D eigenvalue weighted by Gasteiger charge is -2.08. The van der Waals surface area contributed by atoms with Crippen molar-refractivity contribution in [3.05, 3.63) is 53.7 Å². The van der Waals surface area contributed by atoms with Gasteiger partial charge in [-0.3, -0.25) is 9.72 Å². The summed E-state index contributed by atoms with van der Waals surface area (Å²) in [7, 11) is 0. The van der Waals surface area contributed by atoms with Gasteiger partial charge < -0.3 is 4.74 Å². The predicted octanol–water partition coefficient (Wildman–Crippen LogP) is 4.19. The molecule has 3 rings (SSSR count). The minimum Gasteiger partial charge on any atom is -0.450 e. The van der Waals surface area contributed by atoms with Gasteiger partial charge in [0.25, 0.3) is 0 Å². The zero-order valence-electron chi connectivity index (χ0n) is 13.5. The summed E-state index contributed by atoms with van der Waals surface area (Å²) < 4.78 is 6.87. The number of carbonyl (C=O) groups is 1. The van der Waals surface area contributed by atoms with Gasteiger partial charge in [-0.05, 0) is 38.5 Å². The molecule has 0 spiro atoms. The van der Waals surface area contributed by atoms with E-state index in [4.69, 9.17) is 4.74 Å². The highest BCUT2D eigenvalue weighted by molar-refractivity contribution is 5.90. The van der Waals surface area contributed by atoms with Crippen LogP contribution in [0.1, 0.15) is 18.1 Å². The standard InChI is InChI=1S/C18H19N3O2/c1-4-23-18(22)20-17-16(14-7-5-12(2)6-8-14)19-15-11-13(3)9-10-21(15)17/h5-11H,4H2,1-3H3,(H,20,22). The molecule has 0 aliphatic carbocycles. The molecule has 1 amide bonds. The maximum atomic E-state index is 11.9. The number of ether oxygens (including phenoxy) is 1. The number of nitrogens with zero attached hydrogens (tertiary/aromatic N) is 2. The number of anilines is 1. The minimum absolute atomic E-state index is 0.321. The number of aryl methyl sites for hydroxylation is 2. The van der Waals surface area contributed by atoms with Crippen LogP contribution >= 0.6 is 0 Å². The molecule has 1 N–H and O–H groups in total. The number of aromatic nitrogens is 2. The van der Waals surface area contributed by atoms with Gasteiger partial charge in [0, 0.05) is 11.8 Å². The number of rotatable bonds is 3. The molecule has 5 nitrogen and oxygen atoms in total. The number of nitrogens with one attached hydrogen (secondary N) is 1. The van der Waals surface area contributed by atoms with Gasteiger partial charge >= 0.3 is 6.09 Å². The molecule has 0 aliphatic heterocycles. The molecular weight excluding hydrogens is 290 g/mol. The van der Waals surface area contributed by atoms with Crippen LogP contribution in [0.25, 0.3) is 16.9 Å². The largest absolute Gasteiger partial charge is 0.450 e. The highest BCUT2D eigenvalue weighted by Crippen LogP contribution is 2.29. The van der Waals surface area contributed by atoms with Crippen molar-refractivity contribution in [2.45, 2.75) is 20.8 Å². The molecule has 0 unspecified atom stereocenters. The lowest BCUT2D eigenvalue weighted by Crippen LogP contribution is -2.15. The van der Waals surface area contributed by atoms with E-state index < -0.39 is 6.09 Å². The SMILES string of the molecule is CCOC(=O)Nc1c(-c2ccc(C)cc2)nc2cc(C)ccn12. The molecule has 1 aromatic carbocycles. The average Bonchev–Trinajstić information content (AvgIpc) is 2.86. The number of benzene rings is 1. The van der Waals surface area contributed by atoms with E-state index in [0.29, 0.717) is 12.4 Å². The minimum atomic E-state index is -0.483. The van der Waals surface area contributed by atoms with Gasteiger partial charge in [0.05, 0.1) is 6.61 Å². The maximum absolute atomic E-state index is 11.9. The van der Waals surface area contributed by atoms with E-state index >= 15 is 0 Å². The first kappa shape index (κ1) is 15.1. The molecule has 5 heteroatoms. The van der Waals surface area contributed by atoms with E-state index in [1.165, 1.54) is 5.56 Å². The molecule has 0 radical (unpaired) electrons. The van der Waals surface area contributed by atoms with Gasteiger partial charge in [0.15, 0.2) is 0 Å². The molecule has 2 aromatic heterocycles. The fraction of sp³-hybridized carbons (Fsp3) is 0.222. The Morgan fingerprint density at radius 3 is 2.61 bits per heavy atom. The number of hydrogen-bond donors (Lipinski definition) is 1. The van der Waals surface area contributed by atoms with Crippen molar-refractivity contribution >= 4 is 17.6 Å². The second kappa shape index (κ2) is 6.12. The average molecular weight is 309 g/mol. The molecule has 118 valence electrons. The second-order valence-corrected chi connectivity index (χ2v) is 5.45. The number of pyridine rings is 1. The summed E-state index contributed by atoms with van der Waals surface area (Å²) in [5.41, 5.74) is 4.74. The molecule has 23 heavy (non-hydrogen) atoms. The summed E-state index contributed by atoms with van der Waals surface area (Å²) >= 11 is 0. The predicted molar refractivity (Wildman–Crippen MR) is 90.7 cm³/mol. The van der Waals surface area contributed by atoms with Crippen LogP contribution in [0, 0.1) is 13.8 Å². The monoisotopic (exact) mass is 309 g/mol. The Labute approximate surface area is 134 Å². The quantitative estimate of drug-likeness (QED) is 0.789. The Balaban J connectivity index is 2.14. The highest BCUT2D eigenvalue weighted by Gasteiger charge is 2.16. The van der Waals surface area contributed by atoms with E-state index in [-0.39, 0.29) is 0 Å². The molecule has 0 fully saturated rings. The van der Waals surface area contributed by atoms with Crippen LogP contribution in [-0.4, -0.2) is 22.1 Å². The van der Waals surface area contributed by atoms with Crippen molar-refractivity contribution in [3.8, 4) is 11.3 Å². The van der Waals surface area contributed by atoms with Crippen LogP contribution < -0.4 is 5.32 Å². The first-order valence-electron chi connectivity index (χ1n) is 7.58. The van der Waals surface area contributed by atoms with Gasteiger partial charge in [0.1, 0.15) is 17.2 Å². The summed E-state index contributed by atoms with van der Waals surface area (Å²) in [4.78, 5) is 16.6. The van der Waals surface area contributed by atoms with Gasteiger partial charge in [0.2, 0.25) is 0 Å². The molecule has 0 atom stereocenters. The summed E-state index contributed by atoms with van der Waals surface area (Å²) in [6.45, 7) is 6.15. The third-order valence-corrected chi connectivity index (χ3v) is 3.60. The van der Waals surface area contributed by atoms with Crippen LogP contribution in [0.4, 0.5) is 10.6 Å². The van der Waals surface area contributed by atoms with Crippen LogP contribution in [0.15, 0.2) is 42.6 Å². The molecular formula is C18H19N3O2. The van der Waals surface area contributed by atoms with E-state index in [9.17, 15) is 4.79 Å². The van der Waals surface area contributed by atoms with E-state index in [1.54, 1.807) is 6.92 Å². The third kappa shape index (κ3) is 3.04. The molecule has 0 aliphatic rings. The van der Waals surface area contributed by atoms with Crippen LogP contribution in [0.3, 0.4) is 0 Å². The topological polar surface area (TPSA) is 55.6 Å². The fourth-order valence-corrected chi connectivity index (χ4v) is 2.44. The molecule has 0 saturated carbocycles. The first-order valence-corrected chi connectivity index (χ1v) is 7.58. The summed E-state index contributed by atoms with van der Waals surface area (Å²) in [5.74, 6) is 0.613. The van der Waals surface area contributed by atoms with Crippen molar-refractivity contribution in [2.24, 2.45) is 0 Å². The van der Waals surface area contributed by atoms with E-state index in [2.05, 4.69) is 10.3 Å². The van der Waals surface area contributed by atoms with Crippen molar-refractivity contribution in [3.63, 3.8) is 0 Å². The van der Waals surface area contributed by atoms with Crippen molar-refractivity contribution in [2.75, 3.05) is 11.9 Å². The molecule has 0 bridgehead atoms. The summed E-state index contributed by atoms with van der Waals surface area (Å²) in [5, 5.41) is 2.81. The molecule has 3 aromatic rings. The highest BCUT2D eigenvalue weighted by atomic mass is 16.5. The normalized spacial score (nSPS) is 10.7. The summed E-state index contributed by atoms with van der Waals surface area (Å²) in [6.07, 6.45) is 1.42. The molecule has 0 saturated heterocycles. The fourth-order valence-electron chi connectivity index (χ4n) is 2.44. The van der Waals surface area contributed by atoms with Crippen molar-refractivity contribution < 1.29 is 9.53 Å². The summed E-state index contributed by atoms with van der Waals surface area (Å²) in [6, 6.07) is 12.0. The Kier molecular flexibility index (Phi) is 4.02. The zero-order valence-corrected chi connectivity index (χ0v) is 13.5. The van der Waals surface area contributed by atoms with Crippen molar-refractivity contribution in [1.82, 2.24) is 9.38 Å². The molecule has 2 heterocycles. The van der Waals surface area contributed by atoms with Gasteiger partial charge in [-0.25, -0.2) is 9.78 Å². The van der Waals surface area contributed by atoms with Crippen LogP contribution in [-0.2, 0) is 4.74 Å². The second-order valence-electron chi connectivity index (χ2n) is 5.45. The number of fused-ring (bicyclic) bond motifs is 1. The van der Waals surface area contributed by atoms with Crippen LogP contribution in [0.5, 0.6) is 0 Å². The lowest BCUT2D eigenvalue weighted by atomic mass is 10.1. The third-order valence-electron chi connectivity index (χ3n) is 3.60. The van der Waals surface area contributed by atoms with Crippen LogP contribution in [0.2, 0.25) is 0 Å². The number of hydrogen-bond acceptors (Lipinski definition) is 3. The maximum Gasteiger partial charge on any atom is 0.412 e. The Hall–Kier alpha value is -2.82. The van der Waals surface area contributed by atoms with Gasteiger partial charge in [-0.15, -0.1) is 0 Å². The first-order chi connectivity index (χ1) is 11.1. The Morgan fingerprint density at radius 1 is 1.17 bits per heavy atom. The Morgan fingerprint density at radius 2 is 1.91 bits per heavy atom. The van der Waals surface area contributed by atoms with Gasteiger partial charge in [-0.1, -0.05) is 29.8 Å².